The number of hydrogen-bond acceptors (Lipinski definition) is 2. The lowest BCUT2D eigenvalue weighted by Crippen LogP contribution is -2.28. The molecule has 0 saturated heterocycles. The van der Waals surface area contributed by atoms with E-state index in [1.165, 1.54) is 12.1 Å². The van der Waals surface area contributed by atoms with Crippen LogP contribution >= 0.6 is 15.9 Å². The Balaban J connectivity index is 2.31. The van der Waals surface area contributed by atoms with Crippen LogP contribution in [0.25, 0.3) is 0 Å². The van der Waals surface area contributed by atoms with E-state index in [9.17, 15) is 4.79 Å². The summed E-state index contributed by atoms with van der Waals surface area (Å²) >= 11 is 3.47. The van der Waals surface area contributed by atoms with Crippen LogP contribution in [0.4, 0.5) is 0 Å². The molecule has 1 aromatic heterocycles. The molecule has 0 radical (unpaired) electrons. The van der Waals surface area contributed by atoms with Crippen LogP contribution < -0.4 is 0 Å². The van der Waals surface area contributed by atoms with Gasteiger partial charge in [-0.3, -0.25) is 4.79 Å². The quantitative estimate of drug-likeness (QED) is 0.933. The number of nitrogens with zero attached hydrogens (tertiary/aromatic N) is 2. The predicted octanol–water partition coefficient (Wildman–Crippen LogP) is 2.64. The highest BCUT2D eigenvalue weighted by Crippen LogP contribution is 2.29. The number of hydrogen-bond donors (Lipinski definition) is 1. The second kappa shape index (κ2) is 4.44. The van der Waals surface area contributed by atoms with Gasteiger partial charge in [0, 0.05) is 13.0 Å². The third-order valence-corrected chi connectivity index (χ3v) is 3.96. The summed E-state index contributed by atoms with van der Waals surface area (Å²) in [6.45, 7) is 4.44. The molecule has 0 unspecified atom stereocenters. The molecule has 1 aliphatic heterocycles. The summed E-state index contributed by atoms with van der Waals surface area (Å²) < 4.78 is 3.06. The zero-order valence-corrected chi connectivity index (χ0v) is 11.7. The lowest BCUT2D eigenvalue weighted by Gasteiger charge is -2.21. The summed E-state index contributed by atoms with van der Waals surface area (Å²) in [4.78, 5) is 15.6. The summed E-state index contributed by atoms with van der Waals surface area (Å²) in [5.74, 6) is 0.112. The number of rotatable bonds is 3. The van der Waals surface area contributed by atoms with E-state index in [1.807, 2.05) is 0 Å². The Kier molecular flexibility index (Phi) is 3.30. The molecule has 0 aromatic carbocycles. The van der Waals surface area contributed by atoms with Crippen LogP contribution in [0.1, 0.15) is 38.2 Å². The first-order valence-corrected chi connectivity index (χ1v) is 6.68. The fourth-order valence-electron chi connectivity index (χ4n) is 2.18. The highest BCUT2D eigenvalue weighted by atomic mass is 79.9. The zero-order chi connectivity index (χ0) is 12.6. The molecule has 94 valence electrons. The number of imidazole rings is 1. The Labute approximate surface area is 109 Å². The Morgan fingerprint density at radius 3 is 2.88 bits per heavy atom. The highest BCUT2D eigenvalue weighted by Gasteiger charge is 2.31. The largest absolute Gasteiger partial charge is 0.481 e. The maximum absolute atomic E-state index is 11.2. The highest BCUT2D eigenvalue weighted by molar-refractivity contribution is 9.10. The van der Waals surface area contributed by atoms with Gasteiger partial charge >= 0.3 is 5.97 Å². The number of carboxylic acids is 1. The molecule has 0 atom stereocenters. The van der Waals surface area contributed by atoms with Gasteiger partial charge in [-0.25, -0.2) is 4.98 Å². The van der Waals surface area contributed by atoms with E-state index in [-0.39, 0.29) is 0 Å². The summed E-state index contributed by atoms with van der Waals surface area (Å²) in [5.41, 5.74) is 0.450. The third kappa shape index (κ3) is 2.39. The van der Waals surface area contributed by atoms with Crippen molar-refractivity contribution in [2.45, 2.75) is 46.1 Å². The van der Waals surface area contributed by atoms with E-state index in [1.54, 1.807) is 13.8 Å². The van der Waals surface area contributed by atoms with Gasteiger partial charge in [0.2, 0.25) is 0 Å². The molecular weight excluding hydrogens is 284 g/mol. The Morgan fingerprint density at radius 1 is 1.53 bits per heavy atom. The number of aromatic nitrogens is 2. The van der Waals surface area contributed by atoms with Crippen molar-refractivity contribution in [3.8, 4) is 0 Å². The van der Waals surface area contributed by atoms with Gasteiger partial charge in [0.25, 0.3) is 0 Å². The average molecular weight is 301 g/mol. The number of fused-ring (bicyclic) bond motifs is 1. The van der Waals surface area contributed by atoms with Crippen molar-refractivity contribution in [2.24, 2.45) is 5.41 Å². The molecule has 0 saturated carbocycles. The standard InChI is InChI=1S/C12H17BrN2O2/c1-12(2,11(16)17)7-9-14-10(13)8-5-3-4-6-15(8)9/h3-7H2,1-2H3,(H,16,17). The monoisotopic (exact) mass is 300 g/mol. The van der Waals surface area contributed by atoms with Crippen molar-refractivity contribution >= 4 is 21.9 Å². The molecule has 0 fully saturated rings. The summed E-state index contributed by atoms with van der Waals surface area (Å²) in [6.07, 6.45) is 3.84. The van der Waals surface area contributed by atoms with Gasteiger partial charge in [0.15, 0.2) is 0 Å². The number of aliphatic carboxylic acids is 1. The topological polar surface area (TPSA) is 55.1 Å². The number of halogens is 1. The lowest BCUT2D eigenvalue weighted by atomic mass is 9.89. The van der Waals surface area contributed by atoms with E-state index < -0.39 is 11.4 Å². The van der Waals surface area contributed by atoms with Gasteiger partial charge in [0.1, 0.15) is 10.4 Å². The Bertz CT molecular complexity index is 452. The molecule has 0 aliphatic carbocycles. The van der Waals surface area contributed by atoms with Crippen LogP contribution in [0.3, 0.4) is 0 Å². The first kappa shape index (κ1) is 12.6. The summed E-state index contributed by atoms with van der Waals surface area (Å²) in [5, 5.41) is 9.16. The summed E-state index contributed by atoms with van der Waals surface area (Å²) in [7, 11) is 0. The maximum atomic E-state index is 11.2. The minimum absolute atomic E-state index is 0.473. The maximum Gasteiger partial charge on any atom is 0.309 e. The van der Waals surface area contributed by atoms with E-state index in [0.717, 1.165) is 29.8 Å². The van der Waals surface area contributed by atoms with Gasteiger partial charge < -0.3 is 9.67 Å². The van der Waals surface area contributed by atoms with E-state index in [0.29, 0.717) is 6.42 Å². The van der Waals surface area contributed by atoms with Crippen molar-refractivity contribution in [3.63, 3.8) is 0 Å². The molecule has 0 bridgehead atoms. The van der Waals surface area contributed by atoms with E-state index in [2.05, 4.69) is 25.5 Å². The first-order valence-electron chi connectivity index (χ1n) is 5.89. The zero-order valence-electron chi connectivity index (χ0n) is 10.2. The smallest absolute Gasteiger partial charge is 0.309 e. The molecule has 0 spiro atoms. The first-order chi connectivity index (χ1) is 7.92. The van der Waals surface area contributed by atoms with Gasteiger partial charge in [-0.15, -0.1) is 0 Å². The van der Waals surface area contributed by atoms with Crippen LogP contribution in [0.15, 0.2) is 4.60 Å². The van der Waals surface area contributed by atoms with Crippen molar-refractivity contribution in [3.05, 3.63) is 16.1 Å². The second-order valence-corrected chi connectivity index (χ2v) is 5.99. The number of carbonyl (C=O) groups is 1. The molecule has 1 aromatic rings. The average Bonchev–Trinajstić information content (AvgIpc) is 2.56. The van der Waals surface area contributed by atoms with Crippen LogP contribution in [-0.2, 0) is 24.2 Å². The van der Waals surface area contributed by atoms with Crippen molar-refractivity contribution in [1.82, 2.24) is 9.55 Å². The SMILES string of the molecule is CC(C)(Cc1nc(Br)c2n1CCCC2)C(=O)O. The molecular formula is C12H17BrN2O2. The molecule has 2 rings (SSSR count). The molecule has 4 nitrogen and oxygen atoms in total. The molecule has 1 aliphatic rings. The molecule has 0 amide bonds. The summed E-state index contributed by atoms with van der Waals surface area (Å²) in [6, 6.07) is 0. The van der Waals surface area contributed by atoms with Crippen LogP contribution in [-0.4, -0.2) is 20.6 Å². The van der Waals surface area contributed by atoms with Gasteiger partial charge in [-0.05, 0) is 49.0 Å². The fraction of sp³-hybridized carbons (Fsp3) is 0.667. The van der Waals surface area contributed by atoms with Crippen molar-refractivity contribution < 1.29 is 9.90 Å². The Morgan fingerprint density at radius 2 is 2.24 bits per heavy atom. The predicted molar refractivity (Wildman–Crippen MR) is 68.0 cm³/mol. The van der Waals surface area contributed by atoms with Crippen molar-refractivity contribution in [2.75, 3.05) is 0 Å². The Hall–Kier alpha value is -0.840. The van der Waals surface area contributed by atoms with E-state index in [4.69, 9.17) is 5.11 Å². The van der Waals surface area contributed by atoms with Gasteiger partial charge in [-0.2, -0.15) is 0 Å². The van der Waals surface area contributed by atoms with Crippen molar-refractivity contribution in [1.29, 1.82) is 0 Å². The van der Waals surface area contributed by atoms with E-state index >= 15 is 0 Å². The fourth-order valence-corrected chi connectivity index (χ4v) is 2.79. The molecule has 5 heteroatoms. The number of carboxylic acid groups (broad SMARTS) is 1. The minimum atomic E-state index is -0.776. The van der Waals surface area contributed by atoms with Gasteiger partial charge in [-0.1, -0.05) is 0 Å². The molecule has 1 N–H and O–H groups in total. The van der Waals surface area contributed by atoms with Crippen LogP contribution in [0, 0.1) is 5.41 Å². The molecule has 17 heavy (non-hydrogen) atoms. The molecule has 2 heterocycles. The second-order valence-electron chi connectivity index (χ2n) is 5.24. The van der Waals surface area contributed by atoms with Crippen LogP contribution in [0.5, 0.6) is 0 Å². The lowest BCUT2D eigenvalue weighted by molar-refractivity contribution is -0.146. The van der Waals surface area contributed by atoms with Crippen LogP contribution in [0.2, 0.25) is 0 Å². The third-order valence-electron chi connectivity index (χ3n) is 3.33. The minimum Gasteiger partial charge on any atom is -0.481 e. The normalized spacial score (nSPS) is 15.7. The van der Waals surface area contributed by atoms with Gasteiger partial charge in [0.05, 0.1) is 11.1 Å².